The van der Waals surface area contributed by atoms with Crippen molar-refractivity contribution >= 4 is 52.3 Å². The number of hydrogen-bond acceptors (Lipinski definition) is 2. The summed E-state index contributed by atoms with van der Waals surface area (Å²) >= 11 is 21.9. The third kappa shape index (κ3) is 3.24. The number of carbonyl (C=O) groups is 1. The molecular weight excluding hydrogens is 272 g/mol. The lowest BCUT2D eigenvalue weighted by molar-refractivity contribution is 0.0921. The maximum absolute atomic E-state index is 11.3. The molecule has 0 spiro atoms. The zero-order valence-corrected chi connectivity index (χ0v) is 9.66. The van der Waals surface area contributed by atoms with Crippen LogP contribution in [0.15, 0.2) is 22.8 Å². The molecule has 0 saturated heterocycles. The summed E-state index contributed by atoms with van der Waals surface area (Å²) in [6, 6.07) is 3.03. The number of hydrogen-bond donors (Lipinski definition) is 1. The van der Waals surface area contributed by atoms with Crippen molar-refractivity contribution in [2.24, 2.45) is 0 Å². The smallest absolute Gasteiger partial charge is 0.288 e. The fourth-order valence-electron chi connectivity index (χ4n) is 0.676. The van der Waals surface area contributed by atoms with Crippen molar-refractivity contribution in [1.29, 1.82) is 0 Å². The van der Waals surface area contributed by atoms with Gasteiger partial charge in [-0.1, -0.05) is 46.4 Å². The largest absolute Gasteiger partial charge is 0.459 e. The van der Waals surface area contributed by atoms with Crippen molar-refractivity contribution < 1.29 is 9.21 Å². The Hall–Kier alpha value is -0.0900. The van der Waals surface area contributed by atoms with Crippen LogP contribution in [0.3, 0.4) is 0 Å². The van der Waals surface area contributed by atoms with Crippen molar-refractivity contribution in [2.45, 2.75) is 9.29 Å². The zero-order chi connectivity index (χ0) is 10.8. The third-order valence-electron chi connectivity index (χ3n) is 1.29. The molecule has 3 nitrogen and oxygen atoms in total. The molecule has 0 bridgehead atoms. The first-order valence-corrected chi connectivity index (χ1v) is 5.03. The normalized spacial score (nSPS) is 13.7. The summed E-state index contributed by atoms with van der Waals surface area (Å²) in [7, 11) is 0. The number of amides is 1. The lowest BCUT2D eigenvalue weighted by Gasteiger charge is -2.18. The van der Waals surface area contributed by atoms with Crippen LogP contribution >= 0.6 is 46.4 Å². The van der Waals surface area contributed by atoms with Gasteiger partial charge in [0.15, 0.2) is 11.3 Å². The Morgan fingerprint density at radius 3 is 2.57 bits per heavy atom. The Balaban J connectivity index is 2.58. The van der Waals surface area contributed by atoms with Crippen molar-refractivity contribution in [1.82, 2.24) is 5.32 Å². The van der Waals surface area contributed by atoms with Gasteiger partial charge in [0, 0.05) is 0 Å². The monoisotopic (exact) mass is 275 g/mol. The molecule has 0 radical (unpaired) electrons. The maximum Gasteiger partial charge on any atom is 0.288 e. The van der Waals surface area contributed by atoms with E-state index in [1.165, 1.54) is 12.3 Å². The highest BCUT2D eigenvalue weighted by atomic mass is 35.6. The standard InChI is InChI=1S/C7H5Cl4NO2/c8-6(7(9,10)11)12-5(13)4-2-1-3-14-4/h1-3,6H,(H,12,13). The Labute approximate surface area is 100 Å². The predicted molar refractivity (Wildman–Crippen MR) is 56.1 cm³/mol. The molecule has 14 heavy (non-hydrogen) atoms. The van der Waals surface area contributed by atoms with Crippen LogP contribution in [0.4, 0.5) is 0 Å². The van der Waals surface area contributed by atoms with E-state index in [2.05, 4.69) is 5.32 Å². The Morgan fingerprint density at radius 2 is 2.14 bits per heavy atom. The van der Waals surface area contributed by atoms with E-state index in [0.29, 0.717) is 0 Å². The second-order valence-electron chi connectivity index (χ2n) is 2.35. The van der Waals surface area contributed by atoms with Crippen molar-refractivity contribution in [3.05, 3.63) is 24.2 Å². The van der Waals surface area contributed by atoms with Crippen molar-refractivity contribution in [2.75, 3.05) is 0 Å². The summed E-state index contributed by atoms with van der Waals surface area (Å²) in [4.78, 5) is 11.3. The molecule has 78 valence electrons. The van der Waals surface area contributed by atoms with Crippen LogP contribution in [-0.4, -0.2) is 15.2 Å². The van der Waals surface area contributed by atoms with E-state index in [0.717, 1.165) is 0 Å². The minimum Gasteiger partial charge on any atom is -0.459 e. The Morgan fingerprint density at radius 1 is 1.50 bits per heavy atom. The summed E-state index contributed by atoms with van der Waals surface area (Å²) in [6.45, 7) is 0. The van der Waals surface area contributed by atoms with Crippen LogP contribution in [0.2, 0.25) is 0 Å². The van der Waals surface area contributed by atoms with E-state index in [-0.39, 0.29) is 5.76 Å². The fourth-order valence-corrected chi connectivity index (χ4v) is 0.939. The number of carbonyl (C=O) groups excluding carboxylic acids is 1. The number of alkyl halides is 4. The first-order chi connectivity index (χ1) is 6.41. The summed E-state index contributed by atoms with van der Waals surface area (Å²) < 4.78 is 3.05. The van der Waals surface area contributed by atoms with E-state index in [9.17, 15) is 4.79 Å². The van der Waals surface area contributed by atoms with E-state index >= 15 is 0 Å². The zero-order valence-electron chi connectivity index (χ0n) is 6.64. The van der Waals surface area contributed by atoms with Gasteiger partial charge in [-0.2, -0.15) is 0 Å². The highest BCUT2D eigenvalue weighted by Gasteiger charge is 2.32. The van der Waals surface area contributed by atoms with Gasteiger partial charge < -0.3 is 9.73 Å². The molecule has 1 unspecified atom stereocenters. The van der Waals surface area contributed by atoms with Gasteiger partial charge in [0.2, 0.25) is 3.79 Å². The van der Waals surface area contributed by atoms with Crippen LogP contribution in [0.5, 0.6) is 0 Å². The van der Waals surface area contributed by atoms with Crippen molar-refractivity contribution in [3.8, 4) is 0 Å². The lowest BCUT2D eigenvalue weighted by Crippen LogP contribution is -2.39. The van der Waals surface area contributed by atoms with Crippen LogP contribution in [-0.2, 0) is 0 Å². The molecule has 1 amide bonds. The average Bonchev–Trinajstić information content (AvgIpc) is 2.53. The molecule has 7 heteroatoms. The molecule has 0 aromatic carbocycles. The second kappa shape index (κ2) is 4.62. The van der Waals surface area contributed by atoms with E-state index in [1.54, 1.807) is 6.07 Å². The first-order valence-electron chi connectivity index (χ1n) is 3.46. The van der Waals surface area contributed by atoms with Gasteiger partial charge in [-0.3, -0.25) is 4.79 Å². The lowest BCUT2D eigenvalue weighted by atomic mass is 10.4. The molecule has 1 rings (SSSR count). The van der Waals surface area contributed by atoms with Crippen LogP contribution in [0.25, 0.3) is 0 Å². The van der Waals surface area contributed by atoms with Crippen LogP contribution in [0.1, 0.15) is 10.6 Å². The van der Waals surface area contributed by atoms with Crippen LogP contribution < -0.4 is 5.32 Å². The van der Waals surface area contributed by atoms with Gasteiger partial charge in [-0.15, -0.1) is 0 Å². The molecule has 1 heterocycles. The fraction of sp³-hybridized carbons (Fsp3) is 0.286. The molecule has 0 saturated carbocycles. The molecule has 0 aliphatic heterocycles. The summed E-state index contributed by atoms with van der Waals surface area (Å²) in [6.07, 6.45) is 1.35. The minimum atomic E-state index is -1.76. The number of nitrogens with one attached hydrogen (secondary N) is 1. The van der Waals surface area contributed by atoms with Crippen molar-refractivity contribution in [3.63, 3.8) is 0 Å². The molecule has 0 aliphatic carbocycles. The van der Waals surface area contributed by atoms with Gasteiger partial charge in [-0.25, -0.2) is 0 Å². The number of furan rings is 1. The molecule has 1 atom stereocenters. The minimum absolute atomic E-state index is 0.102. The summed E-state index contributed by atoms with van der Waals surface area (Å²) in [5, 5.41) is 2.26. The number of rotatable bonds is 2. The number of halogens is 4. The highest BCUT2D eigenvalue weighted by molar-refractivity contribution is 6.70. The molecular formula is C7H5Cl4NO2. The predicted octanol–water partition coefficient (Wildman–Crippen LogP) is 2.94. The van der Waals surface area contributed by atoms with E-state index in [4.69, 9.17) is 50.8 Å². The van der Waals surface area contributed by atoms with Gasteiger partial charge in [-0.05, 0) is 12.1 Å². The average molecular weight is 277 g/mol. The van der Waals surface area contributed by atoms with Gasteiger partial charge in [0.05, 0.1) is 6.26 Å². The molecule has 1 aromatic rings. The molecule has 1 aromatic heterocycles. The van der Waals surface area contributed by atoms with Gasteiger partial charge in [0.1, 0.15) is 0 Å². The SMILES string of the molecule is O=C(NC(Cl)C(Cl)(Cl)Cl)c1ccco1. The van der Waals surface area contributed by atoms with E-state index < -0.39 is 15.2 Å². The molecule has 1 N–H and O–H groups in total. The first kappa shape index (κ1) is 12.0. The van der Waals surface area contributed by atoms with Gasteiger partial charge >= 0.3 is 0 Å². The second-order valence-corrected chi connectivity index (χ2v) is 5.16. The maximum atomic E-state index is 11.3. The Bertz CT molecular complexity index is 306. The molecule has 0 aliphatic rings. The quantitative estimate of drug-likeness (QED) is 0.667. The topological polar surface area (TPSA) is 42.2 Å². The summed E-state index contributed by atoms with van der Waals surface area (Å²) in [5.74, 6) is -0.439. The third-order valence-corrected chi connectivity index (χ3v) is 2.72. The Kier molecular flexibility index (Phi) is 3.95. The van der Waals surface area contributed by atoms with E-state index in [1.807, 2.05) is 0 Å². The molecule has 0 fully saturated rings. The van der Waals surface area contributed by atoms with Crippen LogP contribution in [0, 0.1) is 0 Å². The van der Waals surface area contributed by atoms with Gasteiger partial charge in [0.25, 0.3) is 5.91 Å². The highest BCUT2D eigenvalue weighted by Crippen LogP contribution is 2.32. The summed E-state index contributed by atoms with van der Waals surface area (Å²) in [5.41, 5.74) is -1.12.